The number of esters is 2. The van der Waals surface area contributed by atoms with E-state index in [0.29, 0.717) is 0 Å². The molecule has 1 aliphatic rings. The summed E-state index contributed by atoms with van der Waals surface area (Å²) in [6, 6.07) is -1.31. The first-order valence-corrected chi connectivity index (χ1v) is 14.5. The van der Waals surface area contributed by atoms with Gasteiger partial charge in [0, 0.05) is 11.1 Å². The largest absolute Gasteiger partial charge is 0.459 e. The van der Waals surface area contributed by atoms with Crippen LogP contribution in [0.3, 0.4) is 0 Å². The zero-order valence-electron chi connectivity index (χ0n) is 24.7. The highest BCUT2D eigenvalue weighted by Gasteiger charge is 2.56. The maximum atomic E-state index is 14.0. The van der Waals surface area contributed by atoms with E-state index >= 15 is 0 Å². The molecule has 1 aromatic heterocycles. The van der Waals surface area contributed by atoms with Crippen molar-refractivity contribution in [3.8, 4) is 0 Å². The van der Waals surface area contributed by atoms with E-state index in [4.69, 9.17) is 24.5 Å². The average Bonchev–Trinajstić information content (AvgIpc) is 3.06. The van der Waals surface area contributed by atoms with Gasteiger partial charge in [0.25, 0.3) is 0 Å². The molecule has 2 heterocycles. The highest BCUT2D eigenvalue weighted by molar-refractivity contribution is 7.54. The van der Waals surface area contributed by atoms with Crippen LogP contribution in [0.1, 0.15) is 61.6 Å². The van der Waals surface area contributed by atoms with Gasteiger partial charge in [0.15, 0.2) is 6.23 Å². The molecule has 0 bridgehead atoms. The second-order valence-corrected chi connectivity index (χ2v) is 13.5. The average molecular weight is 619 g/mol. The predicted octanol–water partition coefficient (Wildman–Crippen LogP) is 0.847. The summed E-state index contributed by atoms with van der Waals surface area (Å²) in [5, 5.41) is 29.9. The number of nitrogens with two attached hydrogens (primary N) is 1. The van der Waals surface area contributed by atoms with Crippen molar-refractivity contribution >= 4 is 25.4 Å². The van der Waals surface area contributed by atoms with E-state index in [1.54, 1.807) is 41.5 Å². The minimum Gasteiger partial charge on any atom is -0.459 e. The number of carbonyl (C=O) groups is 2. The van der Waals surface area contributed by atoms with Crippen molar-refractivity contribution in [2.45, 2.75) is 103 Å². The molecule has 0 unspecified atom stereocenters. The van der Waals surface area contributed by atoms with Crippen LogP contribution in [0.5, 0.6) is 0 Å². The van der Waals surface area contributed by atoms with Gasteiger partial charge in [-0.2, -0.15) is 4.98 Å². The lowest BCUT2D eigenvalue weighted by Gasteiger charge is -2.32. The van der Waals surface area contributed by atoms with Gasteiger partial charge in [0.05, 0.1) is 6.61 Å². The van der Waals surface area contributed by atoms with E-state index in [2.05, 4.69) is 25.2 Å². The monoisotopic (exact) mass is 618 g/mol. The molecule has 0 radical (unpaired) electrons. The number of azide groups is 1. The van der Waals surface area contributed by atoms with Crippen LogP contribution in [-0.4, -0.2) is 79.5 Å². The van der Waals surface area contributed by atoms with Crippen molar-refractivity contribution in [1.82, 2.24) is 19.7 Å². The Bertz CT molecular complexity index is 1270. The van der Waals surface area contributed by atoms with Crippen molar-refractivity contribution in [2.24, 2.45) is 5.11 Å². The molecular formula is C23H39N8O10P. The maximum Gasteiger partial charge on any atom is 0.351 e. The van der Waals surface area contributed by atoms with E-state index in [0.717, 1.165) is 10.8 Å². The molecule has 1 saturated heterocycles. The lowest BCUT2D eigenvalue weighted by atomic mass is 10.1. The molecule has 1 fully saturated rings. The Kier molecular flexibility index (Phi) is 10.9. The molecule has 2 rings (SSSR count). The lowest BCUT2D eigenvalue weighted by Crippen LogP contribution is -2.48. The third-order valence-corrected chi connectivity index (χ3v) is 7.39. The van der Waals surface area contributed by atoms with E-state index in [9.17, 15) is 34.7 Å². The number of ether oxygens (including phenoxy) is 3. The standard InChI is InChI=1S/C23H39N8O10P/c1-12(18(34)40-21(3,4)5)27-42(37,28-13(2)19(35)41-22(6,7)8)38-11-23(29-30-25)16(33)15(32)17(39-23)31-10-9-14(24)26-20(31)36/h9-10,12-13,15-17,32-33H,11H2,1-8H3,(H2,24,26,36)(H2,27,28,37)/t12-,13-,15+,16-,17+,23+/m0/s1. The minimum absolute atomic E-state index is 0.120. The van der Waals surface area contributed by atoms with Crippen molar-refractivity contribution in [3.63, 3.8) is 0 Å². The number of rotatable bonds is 11. The van der Waals surface area contributed by atoms with Gasteiger partial charge in [-0.3, -0.25) is 18.7 Å². The molecule has 236 valence electrons. The fraction of sp³-hybridized carbons (Fsp3) is 0.739. The summed E-state index contributed by atoms with van der Waals surface area (Å²) in [6.45, 7) is 11.4. The Hall–Kier alpha value is -3.08. The number of nitrogens with zero attached hydrogens (tertiary/aromatic N) is 5. The SMILES string of the molecule is C[C@H](NP(=O)(N[C@@H](C)C(=O)OC(C)(C)C)OC[C@@]1(N=[N+]=[N-])O[C@@H](n2ccc(N)nc2=O)[C@H](O)[C@@H]1O)C(=O)OC(C)(C)C. The molecule has 1 aliphatic heterocycles. The third kappa shape index (κ3) is 9.21. The van der Waals surface area contributed by atoms with Crippen molar-refractivity contribution in [2.75, 3.05) is 12.3 Å². The maximum absolute atomic E-state index is 14.0. The summed E-state index contributed by atoms with van der Waals surface area (Å²) in [7, 11) is -4.50. The second kappa shape index (κ2) is 13.1. The second-order valence-electron chi connectivity index (χ2n) is 11.6. The van der Waals surface area contributed by atoms with Gasteiger partial charge < -0.3 is 34.7 Å². The van der Waals surface area contributed by atoms with E-state index < -0.39 is 79.4 Å². The number of aromatic nitrogens is 2. The summed E-state index contributed by atoms with van der Waals surface area (Å²) < 4.78 is 36.6. The quantitative estimate of drug-likeness (QED) is 0.0757. The highest BCUT2D eigenvalue weighted by Crippen LogP contribution is 2.45. The number of aliphatic hydroxyl groups is 2. The predicted molar refractivity (Wildman–Crippen MR) is 147 cm³/mol. The molecule has 1 aromatic rings. The van der Waals surface area contributed by atoms with E-state index in [-0.39, 0.29) is 5.82 Å². The van der Waals surface area contributed by atoms with Crippen LogP contribution in [0.15, 0.2) is 22.2 Å². The van der Waals surface area contributed by atoms with Gasteiger partial charge in [-0.1, -0.05) is 5.11 Å². The molecule has 0 saturated carbocycles. The topological polar surface area (TPSA) is 262 Å². The summed E-state index contributed by atoms with van der Waals surface area (Å²) in [6.07, 6.45) is -4.36. The van der Waals surface area contributed by atoms with Gasteiger partial charge >= 0.3 is 25.3 Å². The Morgan fingerprint density at radius 2 is 1.69 bits per heavy atom. The van der Waals surface area contributed by atoms with Crippen LogP contribution in [-0.2, 0) is 32.9 Å². The van der Waals surface area contributed by atoms with Gasteiger partial charge in [-0.25, -0.2) is 15.0 Å². The minimum atomic E-state index is -4.50. The normalized spacial score (nSPS) is 24.4. The molecule has 18 nitrogen and oxygen atoms in total. The fourth-order valence-electron chi connectivity index (χ4n) is 3.61. The molecule has 0 spiro atoms. The summed E-state index contributed by atoms with van der Waals surface area (Å²) in [4.78, 5) is 43.8. The number of nitrogens with one attached hydrogen (secondary N) is 2. The molecule has 6 atom stereocenters. The van der Waals surface area contributed by atoms with Crippen LogP contribution in [0.4, 0.5) is 5.82 Å². The van der Waals surface area contributed by atoms with Gasteiger partial charge in [-0.05, 0) is 67.0 Å². The molecular weight excluding hydrogens is 579 g/mol. The molecule has 0 amide bonds. The first kappa shape index (κ1) is 35.1. The fourth-order valence-corrected chi connectivity index (χ4v) is 5.43. The van der Waals surface area contributed by atoms with Gasteiger partial charge in [0.1, 0.15) is 41.3 Å². The Morgan fingerprint density at radius 1 is 1.19 bits per heavy atom. The smallest absolute Gasteiger partial charge is 0.351 e. The molecule has 19 heteroatoms. The summed E-state index contributed by atoms with van der Waals surface area (Å²) in [5.41, 5.74) is 9.57. The number of hydrogen-bond donors (Lipinski definition) is 5. The first-order valence-electron chi connectivity index (χ1n) is 12.8. The van der Waals surface area contributed by atoms with Crippen molar-refractivity contribution in [3.05, 3.63) is 33.2 Å². The number of aliphatic hydroxyl groups excluding tert-OH is 2. The van der Waals surface area contributed by atoms with Gasteiger partial charge in [0.2, 0.25) is 5.72 Å². The first-order chi connectivity index (χ1) is 19.1. The summed E-state index contributed by atoms with van der Waals surface area (Å²) >= 11 is 0. The van der Waals surface area contributed by atoms with Crippen LogP contribution in [0.25, 0.3) is 10.4 Å². The Morgan fingerprint density at radius 3 is 2.12 bits per heavy atom. The lowest BCUT2D eigenvalue weighted by molar-refractivity contribution is -0.157. The molecule has 6 N–H and O–H groups in total. The molecule has 0 aromatic carbocycles. The molecule has 0 aliphatic carbocycles. The highest BCUT2D eigenvalue weighted by atomic mass is 31.2. The number of hydrogen-bond acceptors (Lipinski definition) is 13. The van der Waals surface area contributed by atoms with Crippen LogP contribution < -0.4 is 21.6 Å². The van der Waals surface area contributed by atoms with Gasteiger partial charge in [-0.15, -0.1) is 0 Å². The number of anilines is 1. The van der Waals surface area contributed by atoms with Crippen molar-refractivity contribution in [1.29, 1.82) is 0 Å². The molecule has 42 heavy (non-hydrogen) atoms. The van der Waals surface area contributed by atoms with Crippen LogP contribution in [0, 0.1) is 0 Å². The Balaban J connectivity index is 2.41. The zero-order valence-corrected chi connectivity index (χ0v) is 25.6. The zero-order chi connectivity index (χ0) is 32.3. The van der Waals surface area contributed by atoms with Crippen LogP contribution >= 0.6 is 7.67 Å². The van der Waals surface area contributed by atoms with Crippen LogP contribution in [0.2, 0.25) is 0 Å². The Labute approximate surface area is 242 Å². The van der Waals surface area contributed by atoms with Crippen molar-refractivity contribution < 1.29 is 43.1 Å². The third-order valence-electron chi connectivity index (χ3n) is 5.44. The summed E-state index contributed by atoms with van der Waals surface area (Å²) in [5.74, 6) is -1.75. The number of carbonyl (C=O) groups excluding carboxylic acids is 2. The van der Waals surface area contributed by atoms with E-state index in [1.807, 2.05) is 0 Å². The van der Waals surface area contributed by atoms with E-state index in [1.165, 1.54) is 19.9 Å². The number of nitrogen functional groups attached to an aromatic ring is 1.